The molecule has 2 unspecified atom stereocenters. The summed E-state index contributed by atoms with van der Waals surface area (Å²) in [7, 11) is -10.3. The average Bonchev–Trinajstić information content (AvgIpc) is 2.60. The lowest BCUT2D eigenvalue weighted by Crippen LogP contribution is -2.50. The van der Waals surface area contributed by atoms with Gasteiger partial charge in [0.1, 0.15) is 5.92 Å². The van der Waals surface area contributed by atoms with Gasteiger partial charge in [0.15, 0.2) is 0 Å². The molecule has 0 radical (unpaired) electrons. The maximum Gasteiger partial charge on any atom is 0.334 e. The van der Waals surface area contributed by atoms with Gasteiger partial charge in [-0.15, -0.1) is 0 Å². The summed E-state index contributed by atoms with van der Waals surface area (Å²) in [6, 6.07) is 0. The van der Waals surface area contributed by atoms with Crippen LogP contribution in [0.15, 0.2) is 12.2 Å². The Morgan fingerprint density at radius 2 is 1.90 bits per heavy atom. The van der Waals surface area contributed by atoms with Gasteiger partial charge < -0.3 is 9.47 Å². The van der Waals surface area contributed by atoms with Crippen molar-refractivity contribution in [2.24, 2.45) is 5.92 Å². The quantitative estimate of drug-likeness (QED) is 0.450. The lowest BCUT2D eigenvalue weighted by molar-refractivity contribution is -0.159. The maximum atomic E-state index is 13.2. The zero-order valence-electron chi connectivity index (χ0n) is 10.6. The SMILES string of the molecule is C=C(C)C(=O)OC(C)(C1CCOC1=O)S(F)(F)(F)(F)F. The molecular weight excluding hydrogens is 311 g/mol. The number of cyclic esters (lactones) is 1. The van der Waals surface area contributed by atoms with Crippen LogP contribution in [0.25, 0.3) is 0 Å². The molecule has 0 saturated carbocycles. The Hall–Kier alpha value is -1.32. The second-order valence-corrected chi connectivity index (χ2v) is 7.41. The molecule has 0 N–H and O–H groups in total. The Morgan fingerprint density at radius 1 is 1.40 bits per heavy atom. The van der Waals surface area contributed by atoms with Crippen LogP contribution >= 0.6 is 10.2 Å². The third-order valence-electron chi connectivity index (χ3n) is 2.98. The summed E-state index contributed by atoms with van der Waals surface area (Å²) < 4.78 is 74.2. The lowest BCUT2D eigenvalue weighted by atomic mass is 10.0. The third kappa shape index (κ3) is 2.74. The summed E-state index contributed by atoms with van der Waals surface area (Å²) in [5.41, 5.74) is -0.496. The summed E-state index contributed by atoms with van der Waals surface area (Å²) >= 11 is 0. The highest BCUT2D eigenvalue weighted by Gasteiger charge is 2.83. The molecule has 1 aliphatic rings. The first kappa shape index (κ1) is 16.7. The van der Waals surface area contributed by atoms with Gasteiger partial charge in [-0.3, -0.25) is 4.79 Å². The minimum absolute atomic E-state index is 0.00730. The number of hydrogen-bond donors (Lipinski definition) is 0. The van der Waals surface area contributed by atoms with Crippen LogP contribution in [0.2, 0.25) is 0 Å². The molecule has 1 rings (SSSR count). The third-order valence-corrected chi connectivity index (χ3v) is 4.88. The van der Waals surface area contributed by atoms with E-state index >= 15 is 0 Å². The highest BCUT2D eigenvalue weighted by molar-refractivity contribution is 8.46. The number of halogens is 5. The van der Waals surface area contributed by atoms with Crippen molar-refractivity contribution in [2.45, 2.75) is 25.2 Å². The fourth-order valence-corrected chi connectivity index (χ4v) is 2.65. The topological polar surface area (TPSA) is 52.6 Å². The van der Waals surface area contributed by atoms with E-state index in [9.17, 15) is 29.0 Å². The number of ether oxygens (including phenoxy) is 2. The molecule has 4 nitrogen and oxygen atoms in total. The van der Waals surface area contributed by atoms with Gasteiger partial charge in [-0.2, -0.15) is 0 Å². The second kappa shape index (κ2) is 3.86. The van der Waals surface area contributed by atoms with Crippen LogP contribution in [0, 0.1) is 5.92 Å². The van der Waals surface area contributed by atoms with E-state index in [1.165, 1.54) is 0 Å². The monoisotopic (exact) mass is 324 g/mol. The minimum Gasteiger partial charge on any atom is -0.465 e. The summed E-state index contributed by atoms with van der Waals surface area (Å²) in [6.45, 7) is 3.57. The Bertz CT molecular complexity index is 485. The van der Waals surface area contributed by atoms with E-state index < -0.39 is 51.6 Å². The van der Waals surface area contributed by atoms with E-state index in [1.54, 1.807) is 0 Å². The van der Waals surface area contributed by atoms with Crippen LogP contribution in [0.4, 0.5) is 19.4 Å². The predicted octanol–water partition coefficient (Wildman–Crippen LogP) is 3.68. The Labute approximate surface area is 111 Å². The van der Waals surface area contributed by atoms with E-state index in [-0.39, 0.29) is 6.92 Å². The molecule has 0 aromatic rings. The molecule has 10 heteroatoms. The van der Waals surface area contributed by atoms with Crippen molar-refractivity contribution in [1.29, 1.82) is 0 Å². The average molecular weight is 324 g/mol. The summed E-state index contributed by atoms with van der Waals surface area (Å²) in [5, 5.41) is 0. The Kier molecular flexibility index (Phi) is 3.23. The van der Waals surface area contributed by atoms with Crippen LogP contribution in [0.1, 0.15) is 20.3 Å². The normalized spacial score (nSPS) is 25.9. The van der Waals surface area contributed by atoms with Gasteiger partial charge in [-0.1, -0.05) is 26.0 Å². The largest absolute Gasteiger partial charge is 0.465 e. The van der Waals surface area contributed by atoms with Gasteiger partial charge in [-0.05, 0) is 20.3 Å². The van der Waals surface area contributed by atoms with Gasteiger partial charge >= 0.3 is 22.2 Å². The summed E-state index contributed by atoms with van der Waals surface area (Å²) in [6.07, 6.45) is -0.621. The second-order valence-electron chi connectivity index (χ2n) is 4.66. The van der Waals surface area contributed by atoms with Crippen molar-refractivity contribution in [2.75, 3.05) is 6.61 Å². The Balaban J connectivity index is 3.39. The van der Waals surface area contributed by atoms with Gasteiger partial charge in [0.2, 0.25) is 0 Å². The fourth-order valence-electron chi connectivity index (χ4n) is 1.66. The highest BCUT2D eigenvalue weighted by Crippen LogP contribution is 3.04. The molecule has 0 aromatic carbocycles. The van der Waals surface area contributed by atoms with Crippen molar-refractivity contribution in [3.8, 4) is 0 Å². The molecule has 1 saturated heterocycles. The number of carbonyl (C=O) groups excluding carboxylic acids is 2. The van der Waals surface area contributed by atoms with Crippen molar-refractivity contribution in [3.63, 3.8) is 0 Å². The molecule has 1 aliphatic heterocycles. The maximum absolute atomic E-state index is 13.2. The van der Waals surface area contributed by atoms with E-state index in [0.717, 1.165) is 6.92 Å². The number of hydrogen-bond acceptors (Lipinski definition) is 4. The molecule has 0 aromatic heterocycles. The first-order valence-electron chi connectivity index (χ1n) is 5.37. The molecule has 1 fully saturated rings. The molecule has 0 aliphatic carbocycles. The van der Waals surface area contributed by atoms with E-state index in [0.29, 0.717) is 0 Å². The summed E-state index contributed by atoms with van der Waals surface area (Å²) in [5.74, 6) is -5.43. The van der Waals surface area contributed by atoms with Crippen molar-refractivity contribution < 1.29 is 38.5 Å². The smallest absolute Gasteiger partial charge is 0.334 e. The summed E-state index contributed by atoms with van der Waals surface area (Å²) in [4.78, 5) is 18.3. The fraction of sp³-hybridized carbons (Fsp3) is 0.600. The van der Waals surface area contributed by atoms with Crippen LogP contribution in [0.3, 0.4) is 0 Å². The first-order valence-corrected chi connectivity index (χ1v) is 7.33. The standard InChI is InChI=1S/C10H13F5O4S/c1-6(2)8(16)19-10(3,20(11,12,13,14)15)7-4-5-18-9(7)17/h7H,1,4-5H2,2-3H3. The zero-order valence-corrected chi connectivity index (χ0v) is 11.4. The molecule has 0 amide bonds. The molecule has 118 valence electrons. The molecule has 20 heavy (non-hydrogen) atoms. The van der Waals surface area contributed by atoms with Crippen LogP contribution in [-0.2, 0) is 19.1 Å². The van der Waals surface area contributed by atoms with E-state index in [1.807, 2.05) is 0 Å². The highest BCUT2D eigenvalue weighted by atomic mass is 32.5. The molecular formula is C10H13F5O4S. The number of carbonyl (C=O) groups is 2. The van der Waals surface area contributed by atoms with Crippen LogP contribution < -0.4 is 0 Å². The van der Waals surface area contributed by atoms with Crippen molar-refractivity contribution >= 4 is 22.2 Å². The van der Waals surface area contributed by atoms with Crippen molar-refractivity contribution in [1.82, 2.24) is 0 Å². The van der Waals surface area contributed by atoms with Crippen LogP contribution in [0.5, 0.6) is 0 Å². The van der Waals surface area contributed by atoms with Gasteiger partial charge in [0, 0.05) is 5.57 Å². The van der Waals surface area contributed by atoms with Crippen LogP contribution in [-0.4, -0.2) is 23.5 Å². The molecule has 2 atom stereocenters. The molecule has 0 spiro atoms. The first-order chi connectivity index (χ1) is 8.59. The molecule has 0 bridgehead atoms. The van der Waals surface area contributed by atoms with Gasteiger partial charge in [0.05, 0.1) is 6.61 Å². The predicted molar refractivity (Wildman–Crippen MR) is 61.5 cm³/mol. The van der Waals surface area contributed by atoms with E-state index in [2.05, 4.69) is 16.1 Å². The van der Waals surface area contributed by atoms with Crippen molar-refractivity contribution in [3.05, 3.63) is 12.2 Å². The lowest BCUT2D eigenvalue weighted by Gasteiger charge is -2.54. The zero-order chi connectivity index (χ0) is 16.0. The number of rotatable bonds is 4. The van der Waals surface area contributed by atoms with Gasteiger partial charge in [-0.25, -0.2) is 4.79 Å². The van der Waals surface area contributed by atoms with E-state index in [4.69, 9.17) is 0 Å². The number of esters is 2. The minimum atomic E-state index is -10.3. The van der Waals surface area contributed by atoms with Gasteiger partial charge in [0.25, 0.3) is 4.93 Å². The Morgan fingerprint density at radius 3 is 2.20 bits per heavy atom. The molecule has 1 heterocycles.